The van der Waals surface area contributed by atoms with Crippen molar-refractivity contribution in [3.05, 3.63) is 40.6 Å². The number of benzene rings is 1. The molecular formula is C14H18BrN3OS. The van der Waals surface area contributed by atoms with E-state index in [-0.39, 0.29) is 0 Å². The first-order chi connectivity index (χ1) is 9.51. The fourth-order valence-corrected chi connectivity index (χ4v) is 3.32. The number of anilines is 1. The third kappa shape index (κ3) is 3.49. The van der Waals surface area contributed by atoms with E-state index < -0.39 is 10.8 Å². The minimum Gasteiger partial charge on any atom is -0.398 e. The predicted octanol–water partition coefficient (Wildman–Crippen LogP) is 3.51. The third-order valence-corrected chi connectivity index (χ3v) is 5.12. The molecule has 108 valence electrons. The zero-order chi connectivity index (χ0) is 14.7. The van der Waals surface area contributed by atoms with Crippen molar-refractivity contribution >= 4 is 32.4 Å². The van der Waals surface area contributed by atoms with E-state index in [9.17, 15) is 4.21 Å². The summed E-state index contributed by atoms with van der Waals surface area (Å²) in [5.74, 6) is 0.384. The van der Waals surface area contributed by atoms with Crippen LogP contribution in [0.1, 0.15) is 32.0 Å². The Morgan fingerprint density at radius 3 is 2.85 bits per heavy atom. The van der Waals surface area contributed by atoms with Gasteiger partial charge in [0.25, 0.3) is 0 Å². The van der Waals surface area contributed by atoms with Crippen LogP contribution in [-0.4, -0.2) is 14.0 Å². The van der Waals surface area contributed by atoms with E-state index in [0.29, 0.717) is 22.4 Å². The highest BCUT2D eigenvalue weighted by molar-refractivity contribution is 9.10. The molecule has 6 heteroatoms. The van der Waals surface area contributed by atoms with Crippen LogP contribution in [0, 0.1) is 0 Å². The van der Waals surface area contributed by atoms with Gasteiger partial charge in [0.1, 0.15) is 0 Å². The Morgan fingerprint density at radius 2 is 2.20 bits per heavy atom. The molecule has 0 radical (unpaired) electrons. The first kappa shape index (κ1) is 15.3. The maximum Gasteiger partial charge on any atom is 0.0753 e. The molecular weight excluding hydrogens is 338 g/mol. The summed E-state index contributed by atoms with van der Waals surface area (Å²) < 4.78 is 15.2. The fraction of sp³-hybridized carbons (Fsp3) is 0.357. The maximum atomic E-state index is 12.4. The highest BCUT2D eigenvalue weighted by atomic mass is 79.9. The van der Waals surface area contributed by atoms with Gasteiger partial charge in [-0.1, -0.05) is 22.9 Å². The molecule has 0 bridgehead atoms. The van der Waals surface area contributed by atoms with Crippen LogP contribution in [0.4, 0.5) is 5.69 Å². The van der Waals surface area contributed by atoms with Crippen molar-refractivity contribution in [3.8, 4) is 0 Å². The Balaban J connectivity index is 2.13. The molecule has 0 fully saturated rings. The highest BCUT2D eigenvalue weighted by Gasteiger charge is 2.12. The Hall–Kier alpha value is -1.14. The Bertz CT molecular complexity index is 627. The van der Waals surface area contributed by atoms with Crippen molar-refractivity contribution in [2.75, 3.05) is 5.73 Å². The average Bonchev–Trinajstić information content (AvgIpc) is 2.86. The normalized spacial score (nSPS) is 14.2. The van der Waals surface area contributed by atoms with Crippen LogP contribution in [-0.2, 0) is 16.6 Å². The molecule has 0 spiro atoms. The molecule has 1 aromatic heterocycles. The fourth-order valence-electron chi connectivity index (χ4n) is 1.83. The van der Waals surface area contributed by atoms with E-state index in [1.807, 2.05) is 23.0 Å². The summed E-state index contributed by atoms with van der Waals surface area (Å²) in [4.78, 5) is 0.659. The summed E-state index contributed by atoms with van der Waals surface area (Å²) in [6.07, 6.45) is 2.95. The van der Waals surface area contributed by atoms with Gasteiger partial charge in [-0.25, -0.2) is 0 Å². The van der Waals surface area contributed by atoms with Gasteiger partial charge in [0.15, 0.2) is 0 Å². The molecule has 0 saturated carbocycles. The number of hydrogen-bond donors (Lipinski definition) is 1. The first-order valence-corrected chi connectivity index (χ1v) is 8.60. The minimum absolute atomic E-state index is 0.356. The Morgan fingerprint density at radius 1 is 1.45 bits per heavy atom. The van der Waals surface area contributed by atoms with Gasteiger partial charge in [-0.05, 0) is 37.6 Å². The zero-order valence-electron chi connectivity index (χ0n) is 11.5. The monoisotopic (exact) mass is 355 g/mol. The standard InChI is InChI=1S/C14H18BrN3OS/c1-3-10(2)18-7-6-12(17-18)9-20(19)14-5-4-11(15)8-13(14)16/h4-8,10H,3,9,16H2,1-2H3. The van der Waals surface area contributed by atoms with E-state index >= 15 is 0 Å². The average molecular weight is 356 g/mol. The molecule has 20 heavy (non-hydrogen) atoms. The van der Waals surface area contributed by atoms with Crippen molar-refractivity contribution < 1.29 is 4.21 Å². The number of nitrogens with zero attached hydrogens (tertiary/aromatic N) is 2. The van der Waals surface area contributed by atoms with Crippen LogP contribution in [0.5, 0.6) is 0 Å². The quantitative estimate of drug-likeness (QED) is 0.834. The molecule has 0 aliphatic heterocycles. The summed E-state index contributed by atoms with van der Waals surface area (Å²) in [6, 6.07) is 7.68. The van der Waals surface area contributed by atoms with Crippen molar-refractivity contribution in [2.24, 2.45) is 0 Å². The van der Waals surface area contributed by atoms with E-state index in [1.165, 1.54) is 0 Å². The van der Waals surface area contributed by atoms with E-state index in [4.69, 9.17) is 5.73 Å². The van der Waals surface area contributed by atoms with Gasteiger partial charge < -0.3 is 5.73 Å². The number of halogens is 1. The third-order valence-electron chi connectivity index (χ3n) is 3.20. The van der Waals surface area contributed by atoms with Crippen molar-refractivity contribution in [1.82, 2.24) is 9.78 Å². The molecule has 0 saturated heterocycles. The summed E-state index contributed by atoms with van der Waals surface area (Å²) in [5, 5.41) is 4.47. The second kappa shape index (κ2) is 6.54. The van der Waals surface area contributed by atoms with Crippen LogP contribution in [0.3, 0.4) is 0 Å². The van der Waals surface area contributed by atoms with Gasteiger partial charge >= 0.3 is 0 Å². The molecule has 0 amide bonds. The van der Waals surface area contributed by atoms with Crippen LogP contribution in [0.15, 0.2) is 39.8 Å². The second-order valence-electron chi connectivity index (χ2n) is 4.72. The van der Waals surface area contributed by atoms with Crippen LogP contribution in [0.25, 0.3) is 0 Å². The molecule has 2 unspecified atom stereocenters. The Labute approximate surface area is 130 Å². The molecule has 2 atom stereocenters. The van der Waals surface area contributed by atoms with Crippen molar-refractivity contribution in [1.29, 1.82) is 0 Å². The number of aromatic nitrogens is 2. The Kier molecular flexibility index (Phi) is 4.99. The number of rotatable bonds is 5. The number of nitrogen functional groups attached to an aromatic ring is 1. The molecule has 4 nitrogen and oxygen atoms in total. The summed E-state index contributed by atoms with van der Waals surface area (Å²) in [6.45, 7) is 4.23. The van der Waals surface area contributed by atoms with E-state index in [1.54, 1.807) is 12.1 Å². The van der Waals surface area contributed by atoms with Gasteiger partial charge in [-0.2, -0.15) is 5.10 Å². The number of hydrogen-bond acceptors (Lipinski definition) is 3. The summed E-state index contributed by atoms with van der Waals surface area (Å²) in [5.41, 5.74) is 7.27. The molecule has 1 heterocycles. The van der Waals surface area contributed by atoms with E-state index in [0.717, 1.165) is 16.6 Å². The van der Waals surface area contributed by atoms with E-state index in [2.05, 4.69) is 34.9 Å². The van der Waals surface area contributed by atoms with Gasteiger partial charge in [-0.15, -0.1) is 0 Å². The predicted molar refractivity (Wildman–Crippen MR) is 85.9 cm³/mol. The van der Waals surface area contributed by atoms with Crippen molar-refractivity contribution in [2.45, 2.75) is 37.0 Å². The van der Waals surface area contributed by atoms with Gasteiger partial charge in [-0.3, -0.25) is 8.89 Å². The first-order valence-electron chi connectivity index (χ1n) is 6.48. The lowest BCUT2D eigenvalue weighted by atomic mass is 10.3. The molecule has 0 aliphatic carbocycles. The topological polar surface area (TPSA) is 60.9 Å². The molecule has 1 aromatic carbocycles. The lowest BCUT2D eigenvalue weighted by Crippen LogP contribution is -2.06. The molecule has 0 aliphatic rings. The van der Waals surface area contributed by atoms with Crippen LogP contribution < -0.4 is 5.73 Å². The molecule has 2 N–H and O–H groups in total. The summed E-state index contributed by atoms with van der Waals surface area (Å²) in [7, 11) is -1.18. The molecule has 2 rings (SSSR count). The lowest BCUT2D eigenvalue weighted by Gasteiger charge is -2.08. The number of nitrogens with two attached hydrogens (primary N) is 1. The zero-order valence-corrected chi connectivity index (χ0v) is 13.9. The summed E-state index contributed by atoms with van der Waals surface area (Å²) >= 11 is 3.34. The minimum atomic E-state index is -1.18. The SMILES string of the molecule is CCC(C)n1ccc(CS(=O)c2ccc(Br)cc2N)n1. The highest BCUT2D eigenvalue weighted by Crippen LogP contribution is 2.23. The maximum absolute atomic E-state index is 12.4. The van der Waals surface area contributed by atoms with Gasteiger partial charge in [0.05, 0.1) is 27.1 Å². The van der Waals surface area contributed by atoms with Crippen LogP contribution in [0.2, 0.25) is 0 Å². The largest absolute Gasteiger partial charge is 0.398 e. The lowest BCUT2D eigenvalue weighted by molar-refractivity contribution is 0.475. The second-order valence-corrected chi connectivity index (χ2v) is 7.05. The smallest absolute Gasteiger partial charge is 0.0753 e. The van der Waals surface area contributed by atoms with Gasteiger partial charge in [0, 0.05) is 22.4 Å². The van der Waals surface area contributed by atoms with Gasteiger partial charge in [0.2, 0.25) is 0 Å². The van der Waals surface area contributed by atoms with Crippen LogP contribution >= 0.6 is 15.9 Å². The van der Waals surface area contributed by atoms with Crippen molar-refractivity contribution in [3.63, 3.8) is 0 Å². The molecule has 2 aromatic rings.